The van der Waals surface area contributed by atoms with Gasteiger partial charge in [0.2, 0.25) is 10.0 Å². The van der Waals surface area contributed by atoms with Crippen LogP contribution in [0.4, 0.5) is 0 Å². The summed E-state index contributed by atoms with van der Waals surface area (Å²) in [6, 6.07) is 7.79. The summed E-state index contributed by atoms with van der Waals surface area (Å²) in [5, 5.41) is 0. The van der Waals surface area contributed by atoms with Crippen LogP contribution in [0.25, 0.3) is 0 Å². The lowest BCUT2D eigenvalue weighted by molar-refractivity contribution is 0.328. The molecule has 112 valence electrons. The van der Waals surface area contributed by atoms with Gasteiger partial charge >= 0.3 is 0 Å². The number of alkyl halides is 1. The van der Waals surface area contributed by atoms with E-state index < -0.39 is 10.0 Å². The van der Waals surface area contributed by atoms with Crippen molar-refractivity contribution >= 4 is 21.6 Å². The highest BCUT2D eigenvalue weighted by molar-refractivity contribution is 7.88. The number of nitrogens with zero attached hydrogens (tertiary/aromatic N) is 1. The maximum Gasteiger partial charge on any atom is 0.218 e. The van der Waals surface area contributed by atoms with Crippen LogP contribution >= 0.6 is 11.6 Å². The average molecular weight is 316 g/mol. The molecular formula is C15H22ClNO2S. The Bertz CT molecular complexity index is 559. The molecule has 0 saturated carbocycles. The van der Waals surface area contributed by atoms with E-state index >= 15 is 0 Å². The van der Waals surface area contributed by atoms with Gasteiger partial charge in [-0.25, -0.2) is 8.42 Å². The fourth-order valence-corrected chi connectivity index (χ4v) is 5.30. The highest BCUT2D eigenvalue weighted by Crippen LogP contribution is 2.30. The molecule has 0 aliphatic carbocycles. The van der Waals surface area contributed by atoms with Crippen LogP contribution < -0.4 is 0 Å². The van der Waals surface area contributed by atoms with E-state index in [9.17, 15) is 8.42 Å². The molecule has 1 aliphatic rings. The lowest BCUT2D eigenvalue weighted by atomic mass is 10.2. The first-order valence-electron chi connectivity index (χ1n) is 7.13. The SMILES string of the molecule is CCC1CCC(C)N1S(=O)(=O)Cc1cccc(CCl)c1. The van der Waals surface area contributed by atoms with Crippen LogP contribution in [0.15, 0.2) is 24.3 Å². The van der Waals surface area contributed by atoms with Crippen LogP contribution in [-0.4, -0.2) is 24.8 Å². The second kappa shape index (κ2) is 6.46. The predicted octanol–water partition coefficient (Wildman–Crippen LogP) is 3.52. The fourth-order valence-electron chi connectivity index (χ4n) is 3.02. The summed E-state index contributed by atoms with van der Waals surface area (Å²) < 4.78 is 27.1. The van der Waals surface area contributed by atoms with Gasteiger partial charge in [0.1, 0.15) is 0 Å². The summed E-state index contributed by atoms with van der Waals surface area (Å²) in [7, 11) is -3.26. The van der Waals surface area contributed by atoms with Crippen LogP contribution in [0.2, 0.25) is 0 Å². The van der Waals surface area contributed by atoms with E-state index in [0.717, 1.165) is 30.4 Å². The van der Waals surface area contributed by atoms with Gasteiger partial charge in [0.25, 0.3) is 0 Å². The molecule has 0 amide bonds. The zero-order valence-corrected chi connectivity index (χ0v) is 13.6. The largest absolute Gasteiger partial charge is 0.218 e. The summed E-state index contributed by atoms with van der Waals surface area (Å²) in [4.78, 5) is 0. The van der Waals surface area contributed by atoms with Crippen LogP contribution in [0.1, 0.15) is 44.2 Å². The monoisotopic (exact) mass is 315 g/mol. The Kier molecular flexibility index (Phi) is 5.10. The van der Waals surface area contributed by atoms with Crippen LogP contribution in [0.5, 0.6) is 0 Å². The number of sulfonamides is 1. The summed E-state index contributed by atoms with van der Waals surface area (Å²) in [5.74, 6) is 0.476. The molecule has 0 radical (unpaired) electrons. The van der Waals surface area contributed by atoms with Gasteiger partial charge in [0, 0.05) is 18.0 Å². The fraction of sp³-hybridized carbons (Fsp3) is 0.600. The molecule has 0 N–H and O–H groups in total. The Morgan fingerprint density at radius 2 is 2.00 bits per heavy atom. The maximum absolute atomic E-state index is 12.7. The smallest absolute Gasteiger partial charge is 0.212 e. The molecular weight excluding hydrogens is 294 g/mol. The Labute approximate surface area is 127 Å². The normalized spacial score (nSPS) is 24.1. The van der Waals surface area contributed by atoms with Crippen molar-refractivity contribution in [1.82, 2.24) is 4.31 Å². The van der Waals surface area contributed by atoms with Crippen molar-refractivity contribution in [3.05, 3.63) is 35.4 Å². The van der Waals surface area contributed by atoms with E-state index in [1.807, 2.05) is 31.2 Å². The van der Waals surface area contributed by atoms with Gasteiger partial charge in [-0.3, -0.25) is 0 Å². The zero-order valence-electron chi connectivity index (χ0n) is 12.0. The van der Waals surface area contributed by atoms with Crippen molar-refractivity contribution in [2.45, 2.75) is 56.8 Å². The molecule has 5 heteroatoms. The number of halogens is 1. The average Bonchev–Trinajstić information content (AvgIpc) is 2.80. The highest BCUT2D eigenvalue weighted by Gasteiger charge is 2.37. The molecule has 20 heavy (non-hydrogen) atoms. The number of hydrogen-bond acceptors (Lipinski definition) is 2. The third-order valence-electron chi connectivity index (χ3n) is 4.00. The third kappa shape index (κ3) is 3.35. The van der Waals surface area contributed by atoms with Gasteiger partial charge in [-0.05, 0) is 37.3 Å². The van der Waals surface area contributed by atoms with Gasteiger partial charge in [-0.15, -0.1) is 11.6 Å². The summed E-state index contributed by atoms with van der Waals surface area (Å²) in [6.45, 7) is 4.06. The van der Waals surface area contributed by atoms with Crippen molar-refractivity contribution in [2.75, 3.05) is 0 Å². The Balaban J connectivity index is 2.22. The van der Waals surface area contributed by atoms with Gasteiger partial charge in [-0.2, -0.15) is 4.31 Å². The predicted molar refractivity (Wildman–Crippen MR) is 83.2 cm³/mol. The van der Waals surface area contributed by atoms with Crippen LogP contribution in [0, 0.1) is 0 Å². The van der Waals surface area contributed by atoms with E-state index in [4.69, 9.17) is 11.6 Å². The molecule has 0 aromatic heterocycles. The van der Waals surface area contributed by atoms with Gasteiger partial charge in [0.05, 0.1) is 5.75 Å². The second-order valence-electron chi connectivity index (χ2n) is 5.53. The molecule has 0 bridgehead atoms. The first-order chi connectivity index (χ1) is 9.47. The highest BCUT2D eigenvalue weighted by atomic mass is 35.5. The number of hydrogen-bond donors (Lipinski definition) is 0. The van der Waals surface area contributed by atoms with E-state index in [0.29, 0.717) is 5.88 Å². The lowest BCUT2D eigenvalue weighted by Gasteiger charge is -2.27. The van der Waals surface area contributed by atoms with Crippen LogP contribution in [-0.2, 0) is 21.7 Å². The standard InChI is InChI=1S/C15H22ClNO2S/c1-3-15-8-7-12(2)17(15)20(18,19)11-14-6-4-5-13(9-14)10-16/h4-6,9,12,15H,3,7-8,10-11H2,1-2H3. The summed E-state index contributed by atoms with van der Waals surface area (Å²) >= 11 is 5.81. The molecule has 2 rings (SSSR count). The molecule has 1 aliphatic heterocycles. The van der Waals surface area contributed by atoms with Crippen molar-refractivity contribution in [3.63, 3.8) is 0 Å². The van der Waals surface area contributed by atoms with E-state index in [-0.39, 0.29) is 17.8 Å². The van der Waals surface area contributed by atoms with Crippen molar-refractivity contribution < 1.29 is 8.42 Å². The Morgan fingerprint density at radius 1 is 1.30 bits per heavy atom. The van der Waals surface area contributed by atoms with E-state index in [2.05, 4.69) is 6.92 Å². The van der Waals surface area contributed by atoms with Gasteiger partial charge < -0.3 is 0 Å². The lowest BCUT2D eigenvalue weighted by Crippen LogP contribution is -2.40. The molecule has 1 fully saturated rings. The van der Waals surface area contributed by atoms with Gasteiger partial charge in [-0.1, -0.05) is 31.2 Å². The van der Waals surface area contributed by atoms with Crippen molar-refractivity contribution in [3.8, 4) is 0 Å². The Morgan fingerprint density at radius 3 is 2.65 bits per heavy atom. The number of benzene rings is 1. The van der Waals surface area contributed by atoms with Crippen LogP contribution in [0.3, 0.4) is 0 Å². The maximum atomic E-state index is 12.7. The molecule has 1 aromatic carbocycles. The molecule has 3 nitrogen and oxygen atoms in total. The summed E-state index contributed by atoms with van der Waals surface area (Å²) in [6.07, 6.45) is 2.81. The second-order valence-corrected chi connectivity index (χ2v) is 7.67. The minimum Gasteiger partial charge on any atom is -0.212 e. The van der Waals surface area contributed by atoms with Gasteiger partial charge in [0.15, 0.2) is 0 Å². The van der Waals surface area contributed by atoms with E-state index in [1.54, 1.807) is 4.31 Å². The van der Waals surface area contributed by atoms with Crippen molar-refractivity contribution in [1.29, 1.82) is 0 Å². The molecule has 1 heterocycles. The molecule has 2 unspecified atom stereocenters. The first kappa shape index (κ1) is 15.8. The first-order valence-corrected chi connectivity index (χ1v) is 9.27. The minimum absolute atomic E-state index is 0.0680. The molecule has 2 atom stereocenters. The summed E-state index contributed by atoms with van der Waals surface area (Å²) in [5.41, 5.74) is 1.78. The van der Waals surface area contributed by atoms with Crippen molar-refractivity contribution in [2.24, 2.45) is 0 Å². The number of rotatable bonds is 5. The molecule has 1 aromatic rings. The molecule has 0 spiro atoms. The Hall–Kier alpha value is -0.580. The topological polar surface area (TPSA) is 37.4 Å². The van der Waals surface area contributed by atoms with E-state index in [1.165, 1.54) is 0 Å². The third-order valence-corrected chi connectivity index (χ3v) is 6.31. The molecule has 1 saturated heterocycles. The zero-order chi connectivity index (χ0) is 14.8. The quantitative estimate of drug-likeness (QED) is 0.780. The minimum atomic E-state index is -3.26.